The van der Waals surface area contributed by atoms with E-state index in [1.807, 2.05) is 6.07 Å². The monoisotopic (exact) mass is 342 g/mol. The van der Waals surface area contributed by atoms with Crippen molar-refractivity contribution >= 4 is 22.6 Å². The molecular weight excluding hydrogens is 316 g/mol. The number of rotatable bonds is 5. The Morgan fingerprint density at radius 1 is 1.36 bits per heavy atom. The zero-order chi connectivity index (χ0) is 17.4. The molecule has 3 aliphatic heterocycles. The summed E-state index contributed by atoms with van der Waals surface area (Å²) in [7, 11) is 0. The summed E-state index contributed by atoms with van der Waals surface area (Å²) >= 11 is 0. The number of carbonyl (C=O) groups is 1. The number of fused-ring (bicyclic) bond motifs is 4. The zero-order valence-corrected chi connectivity index (χ0v) is 15.0. The van der Waals surface area contributed by atoms with Crippen LogP contribution in [0.5, 0.6) is 0 Å². The molecule has 134 valence electrons. The van der Waals surface area contributed by atoms with Gasteiger partial charge in [0, 0.05) is 37.3 Å². The highest BCUT2D eigenvalue weighted by Gasteiger charge is 2.35. The first-order chi connectivity index (χ1) is 12.2. The van der Waals surface area contributed by atoms with Crippen molar-refractivity contribution < 1.29 is 9.21 Å². The molecule has 0 radical (unpaired) electrons. The van der Waals surface area contributed by atoms with Gasteiger partial charge in [-0.05, 0) is 51.8 Å². The van der Waals surface area contributed by atoms with Gasteiger partial charge in [0.05, 0.1) is 5.69 Å². The van der Waals surface area contributed by atoms with Crippen LogP contribution >= 0.6 is 0 Å². The van der Waals surface area contributed by atoms with E-state index >= 15 is 0 Å². The van der Waals surface area contributed by atoms with Gasteiger partial charge in [-0.3, -0.25) is 4.79 Å². The summed E-state index contributed by atoms with van der Waals surface area (Å²) < 4.78 is 5.76. The van der Waals surface area contributed by atoms with Crippen LogP contribution in [0.15, 0.2) is 22.9 Å². The van der Waals surface area contributed by atoms with E-state index < -0.39 is 0 Å². The van der Waals surface area contributed by atoms with E-state index in [1.165, 1.54) is 12.8 Å². The Hall–Kier alpha value is -2.08. The molecule has 5 rings (SSSR count). The van der Waals surface area contributed by atoms with Crippen LogP contribution in [-0.4, -0.2) is 54.6 Å². The van der Waals surface area contributed by atoms with E-state index in [2.05, 4.69) is 33.9 Å². The van der Waals surface area contributed by atoms with Crippen LogP contribution in [0, 0.1) is 5.92 Å². The molecular formula is C19H26N4O2. The molecule has 2 aromatic heterocycles. The van der Waals surface area contributed by atoms with Crippen molar-refractivity contribution in [2.45, 2.75) is 32.7 Å². The number of nitrogens with one attached hydrogen (secondary N) is 1. The molecule has 6 heteroatoms. The lowest BCUT2D eigenvalue weighted by Gasteiger charge is -2.44. The summed E-state index contributed by atoms with van der Waals surface area (Å²) in [6.07, 6.45) is 5.80. The van der Waals surface area contributed by atoms with Crippen LogP contribution in [0.4, 0.5) is 5.69 Å². The lowest BCUT2D eigenvalue weighted by molar-refractivity contribution is 0.0618. The van der Waals surface area contributed by atoms with Crippen LogP contribution in [0.2, 0.25) is 0 Å². The van der Waals surface area contributed by atoms with Crippen molar-refractivity contribution in [1.82, 2.24) is 15.2 Å². The molecule has 3 fully saturated rings. The maximum atomic E-state index is 12.9. The van der Waals surface area contributed by atoms with Crippen LogP contribution < -0.4 is 10.2 Å². The molecule has 1 atom stereocenters. The minimum atomic E-state index is -0.121. The molecule has 0 spiro atoms. The fraction of sp³-hybridized carbons (Fsp3) is 0.579. The average Bonchev–Trinajstić information content (AvgIpc) is 3.08. The topological polar surface area (TPSA) is 61.6 Å². The quantitative estimate of drug-likeness (QED) is 0.905. The van der Waals surface area contributed by atoms with Gasteiger partial charge in [-0.1, -0.05) is 0 Å². The third-order valence-electron chi connectivity index (χ3n) is 5.76. The number of nitrogens with zero attached hydrogens (tertiary/aromatic N) is 3. The molecule has 0 saturated carbocycles. The molecule has 3 aliphatic rings. The van der Waals surface area contributed by atoms with Gasteiger partial charge in [-0.25, -0.2) is 4.98 Å². The van der Waals surface area contributed by atoms with E-state index in [0.717, 1.165) is 43.8 Å². The summed E-state index contributed by atoms with van der Waals surface area (Å²) in [4.78, 5) is 21.8. The van der Waals surface area contributed by atoms with Crippen molar-refractivity contribution in [3.63, 3.8) is 0 Å². The summed E-state index contributed by atoms with van der Waals surface area (Å²) in [6.45, 7) is 9.31. The van der Waals surface area contributed by atoms with Gasteiger partial charge < -0.3 is 19.5 Å². The van der Waals surface area contributed by atoms with Crippen LogP contribution in [-0.2, 0) is 0 Å². The first kappa shape index (κ1) is 16.4. The smallest absolute Gasteiger partial charge is 0.274 e. The SMILES string of the molecule is CCN(CC)c1coc2c(C(=O)N[C@H]3CN4CCC3CC4)nccc12. The van der Waals surface area contributed by atoms with E-state index in [1.54, 1.807) is 12.5 Å². The molecule has 1 amide bonds. The van der Waals surface area contributed by atoms with E-state index in [9.17, 15) is 4.79 Å². The van der Waals surface area contributed by atoms with Gasteiger partial charge in [-0.2, -0.15) is 0 Å². The third-order valence-corrected chi connectivity index (χ3v) is 5.76. The first-order valence-corrected chi connectivity index (χ1v) is 9.35. The Labute approximate surface area is 148 Å². The number of hydrogen-bond donors (Lipinski definition) is 1. The van der Waals surface area contributed by atoms with Crippen LogP contribution in [0.1, 0.15) is 37.2 Å². The molecule has 0 aromatic carbocycles. The van der Waals surface area contributed by atoms with E-state index in [0.29, 0.717) is 17.2 Å². The highest BCUT2D eigenvalue weighted by Crippen LogP contribution is 2.31. The lowest BCUT2D eigenvalue weighted by Crippen LogP contribution is -2.57. The minimum Gasteiger partial charge on any atom is -0.460 e. The summed E-state index contributed by atoms with van der Waals surface area (Å²) in [5.41, 5.74) is 2.01. The molecule has 0 aliphatic carbocycles. The Balaban J connectivity index is 1.59. The van der Waals surface area contributed by atoms with Gasteiger partial charge >= 0.3 is 0 Å². The number of pyridine rings is 1. The predicted molar refractivity (Wildman–Crippen MR) is 98.0 cm³/mol. The summed E-state index contributed by atoms with van der Waals surface area (Å²) in [5.74, 6) is 0.473. The number of anilines is 1. The van der Waals surface area contributed by atoms with E-state index in [-0.39, 0.29) is 11.9 Å². The Morgan fingerprint density at radius 3 is 2.76 bits per heavy atom. The van der Waals surface area contributed by atoms with Crippen molar-refractivity contribution in [1.29, 1.82) is 0 Å². The van der Waals surface area contributed by atoms with Gasteiger partial charge in [0.1, 0.15) is 6.26 Å². The molecule has 1 N–H and O–H groups in total. The number of hydrogen-bond acceptors (Lipinski definition) is 5. The molecule has 25 heavy (non-hydrogen) atoms. The van der Waals surface area contributed by atoms with E-state index in [4.69, 9.17) is 4.42 Å². The number of carbonyl (C=O) groups excluding carboxylic acids is 1. The Bertz CT molecular complexity index is 760. The molecule has 2 bridgehead atoms. The second-order valence-electron chi connectivity index (χ2n) is 7.05. The number of furan rings is 1. The van der Waals surface area contributed by atoms with Crippen LogP contribution in [0.25, 0.3) is 11.0 Å². The molecule has 5 heterocycles. The molecule has 2 aromatic rings. The second-order valence-corrected chi connectivity index (χ2v) is 7.05. The normalized spacial score (nSPS) is 25.3. The van der Waals surface area contributed by atoms with Gasteiger partial charge in [0.15, 0.2) is 11.3 Å². The van der Waals surface area contributed by atoms with Gasteiger partial charge in [0.2, 0.25) is 0 Å². The summed E-state index contributed by atoms with van der Waals surface area (Å²) in [6, 6.07) is 2.15. The zero-order valence-electron chi connectivity index (χ0n) is 15.0. The van der Waals surface area contributed by atoms with Crippen molar-refractivity contribution in [3.8, 4) is 0 Å². The first-order valence-electron chi connectivity index (χ1n) is 9.35. The highest BCUT2D eigenvalue weighted by molar-refractivity contribution is 6.06. The Kier molecular flexibility index (Phi) is 4.37. The van der Waals surface area contributed by atoms with Crippen molar-refractivity contribution in [3.05, 3.63) is 24.2 Å². The Morgan fingerprint density at radius 2 is 2.12 bits per heavy atom. The molecule has 3 saturated heterocycles. The van der Waals surface area contributed by atoms with Gasteiger partial charge in [-0.15, -0.1) is 0 Å². The predicted octanol–water partition coefficient (Wildman–Crippen LogP) is 2.50. The maximum absolute atomic E-state index is 12.9. The second kappa shape index (κ2) is 6.67. The fourth-order valence-electron chi connectivity index (χ4n) is 4.28. The minimum absolute atomic E-state index is 0.121. The lowest BCUT2D eigenvalue weighted by atomic mass is 9.84. The standard InChI is InChI=1S/C19H26N4O2/c1-3-23(4-2)16-12-25-18-14(16)5-8-20-17(18)19(24)21-15-11-22-9-6-13(15)7-10-22/h5,8,12-13,15H,3-4,6-7,9-11H2,1-2H3,(H,21,24)/t15-/m0/s1. The molecule has 6 nitrogen and oxygen atoms in total. The third kappa shape index (κ3) is 2.88. The molecule has 0 unspecified atom stereocenters. The fourth-order valence-corrected chi connectivity index (χ4v) is 4.28. The number of amides is 1. The number of piperidine rings is 3. The largest absolute Gasteiger partial charge is 0.460 e. The maximum Gasteiger partial charge on any atom is 0.274 e. The average molecular weight is 342 g/mol. The highest BCUT2D eigenvalue weighted by atomic mass is 16.3. The van der Waals surface area contributed by atoms with Crippen molar-refractivity contribution in [2.24, 2.45) is 5.92 Å². The van der Waals surface area contributed by atoms with Crippen LogP contribution in [0.3, 0.4) is 0 Å². The van der Waals surface area contributed by atoms with Gasteiger partial charge in [0.25, 0.3) is 5.91 Å². The van der Waals surface area contributed by atoms with Crippen molar-refractivity contribution in [2.75, 3.05) is 37.6 Å². The number of aromatic nitrogens is 1. The summed E-state index contributed by atoms with van der Waals surface area (Å²) in [5, 5.41) is 4.16.